The third-order valence-corrected chi connectivity index (χ3v) is 3.46. The van der Waals surface area contributed by atoms with Crippen LogP contribution in [0.2, 0.25) is 0 Å². The number of phenolic OH excluding ortho intramolecular Hbond substituents is 2. The Kier molecular flexibility index (Phi) is 2.71. The van der Waals surface area contributed by atoms with E-state index in [-0.39, 0.29) is 11.5 Å². The Morgan fingerprint density at radius 3 is 2.53 bits per heavy atom. The second kappa shape index (κ2) is 4.28. The van der Waals surface area contributed by atoms with Gasteiger partial charge in [-0.25, -0.2) is 4.98 Å². The van der Waals surface area contributed by atoms with Gasteiger partial charge in [-0.1, -0.05) is 22.0 Å². The molecule has 0 aliphatic rings. The fraction of sp³-hybridized carbons (Fsp3) is 0.0714. The van der Waals surface area contributed by atoms with Gasteiger partial charge in [0.15, 0.2) is 0 Å². The van der Waals surface area contributed by atoms with Crippen LogP contribution >= 0.6 is 15.9 Å². The van der Waals surface area contributed by atoms with E-state index in [0.29, 0.717) is 11.4 Å². The molecule has 0 aliphatic heterocycles. The zero-order valence-corrected chi connectivity index (χ0v) is 11.7. The van der Waals surface area contributed by atoms with Gasteiger partial charge in [0.05, 0.1) is 11.0 Å². The smallest absolute Gasteiger partial charge is 0.146 e. The maximum Gasteiger partial charge on any atom is 0.146 e. The van der Waals surface area contributed by atoms with Gasteiger partial charge in [0.1, 0.15) is 22.9 Å². The molecule has 0 spiro atoms. The molecule has 4 nitrogen and oxygen atoms in total. The molecule has 0 aliphatic carbocycles. The van der Waals surface area contributed by atoms with Crippen LogP contribution in [-0.4, -0.2) is 20.2 Å². The lowest BCUT2D eigenvalue weighted by atomic mass is 10.1. The number of aromatic amines is 1. The highest BCUT2D eigenvalue weighted by Gasteiger charge is 2.15. The first-order valence-corrected chi connectivity index (χ1v) is 6.53. The number of hydrogen-bond acceptors (Lipinski definition) is 3. The first-order chi connectivity index (χ1) is 9.06. The molecule has 0 unspecified atom stereocenters. The van der Waals surface area contributed by atoms with E-state index in [2.05, 4.69) is 25.9 Å². The molecule has 1 heterocycles. The van der Waals surface area contributed by atoms with E-state index in [1.165, 1.54) is 12.1 Å². The Bertz CT molecular complexity index is 760. The molecular formula is C14H11BrN2O2. The van der Waals surface area contributed by atoms with Gasteiger partial charge in [-0.2, -0.15) is 0 Å². The molecule has 0 saturated carbocycles. The van der Waals surface area contributed by atoms with Crippen molar-refractivity contribution in [2.45, 2.75) is 6.92 Å². The molecule has 3 rings (SSSR count). The average molecular weight is 319 g/mol. The summed E-state index contributed by atoms with van der Waals surface area (Å²) in [7, 11) is 0. The minimum Gasteiger partial charge on any atom is -0.507 e. The summed E-state index contributed by atoms with van der Waals surface area (Å²) in [6.45, 7) is 1.96. The zero-order valence-electron chi connectivity index (χ0n) is 10.1. The monoisotopic (exact) mass is 318 g/mol. The van der Waals surface area contributed by atoms with Crippen molar-refractivity contribution in [3.63, 3.8) is 0 Å². The summed E-state index contributed by atoms with van der Waals surface area (Å²) in [5, 5.41) is 19.7. The minimum absolute atomic E-state index is 0.00391. The third kappa shape index (κ3) is 1.96. The molecule has 19 heavy (non-hydrogen) atoms. The van der Waals surface area contributed by atoms with Crippen molar-refractivity contribution in [3.8, 4) is 22.9 Å². The number of hydrogen-bond donors (Lipinski definition) is 3. The maximum atomic E-state index is 9.86. The molecule has 0 radical (unpaired) electrons. The number of imidazole rings is 1. The number of halogens is 1. The van der Waals surface area contributed by atoms with Crippen LogP contribution in [-0.2, 0) is 0 Å². The highest BCUT2D eigenvalue weighted by atomic mass is 79.9. The second-order valence-corrected chi connectivity index (χ2v) is 5.29. The fourth-order valence-corrected chi connectivity index (χ4v) is 2.71. The summed E-state index contributed by atoms with van der Waals surface area (Å²) >= 11 is 3.43. The fourth-order valence-electron chi connectivity index (χ4n) is 2.14. The van der Waals surface area contributed by atoms with Crippen molar-refractivity contribution in [3.05, 3.63) is 40.4 Å². The topological polar surface area (TPSA) is 69.1 Å². The van der Waals surface area contributed by atoms with E-state index in [0.717, 1.165) is 21.1 Å². The van der Waals surface area contributed by atoms with E-state index >= 15 is 0 Å². The maximum absolute atomic E-state index is 9.86. The van der Waals surface area contributed by atoms with Crippen LogP contribution in [0.3, 0.4) is 0 Å². The number of nitrogens with zero attached hydrogens (tertiary/aromatic N) is 1. The van der Waals surface area contributed by atoms with Crippen molar-refractivity contribution in [1.29, 1.82) is 0 Å². The predicted octanol–water partition coefficient (Wildman–Crippen LogP) is 3.71. The first-order valence-electron chi connectivity index (χ1n) is 5.73. The average Bonchev–Trinajstić information content (AvgIpc) is 2.72. The standard InChI is InChI=1S/C14H11BrN2O2/c1-7-5-8(15)6-9-13(7)17-14(16-9)12-10(18)3-2-4-11(12)19/h2-6,18-19H,1H3,(H,16,17). The predicted molar refractivity (Wildman–Crippen MR) is 77.3 cm³/mol. The van der Waals surface area contributed by atoms with E-state index in [1.807, 2.05) is 19.1 Å². The number of aromatic hydroxyl groups is 2. The van der Waals surface area contributed by atoms with E-state index < -0.39 is 0 Å². The summed E-state index contributed by atoms with van der Waals surface area (Å²) in [6.07, 6.45) is 0. The molecular weight excluding hydrogens is 308 g/mol. The number of rotatable bonds is 1. The minimum atomic E-state index is -0.00391. The number of H-pyrrole nitrogens is 1. The summed E-state index contributed by atoms with van der Waals surface area (Å²) in [4.78, 5) is 7.56. The van der Waals surface area contributed by atoms with Crippen LogP contribution in [0.1, 0.15) is 5.56 Å². The van der Waals surface area contributed by atoms with E-state index in [4.69, 9.17) is 0 Å². The number of aromatic nitrogens is 2. The second-order valence-electron chi connectivity index (χ2n) is 4.38. The number of aryl methyl sites for hydroxylation is 1. The van der Waals surface area contributed by atoms with Crippen molar-refractivity contribution >= 4 is 27.0 Å². The number of benzene rings is 2. The highest BCUT2D eigenvalue weighted by molar-refractivity contribution is 9.10. The summed E-state index contributed by atoms with van der Waals surface area (Å²) in [5.74, 6) is 0.443. The first kappa shape index (κ1) is 12.0. The van der Waals surface area contributed by atoms with Crippen molar-refractivity contribution < 1.29 is 10.2 Å². The third-order valence-electron chi connectivity index (χ3n) is 3.00. The molecule has 0 saturated heterocycles. The largest absolute Gasteiger partial charge is 0.507 e. The van der Waals surface area contributed by atoms with Crippen molar-refractivity contribution in [2.75, 3.05) is 0 Å². The molecule has 2 aromatic carbocycles. The van der Waals surface area contributed by atoms with Gasteiger partial charge in [-0.05, 0) is 36.8 Å². The Hall–Kier alpha value is -2.01. The quantitative estimate of drug-likeness (QED) is 0.640. The van der Waals surface area contributed by atoms with Crippen molar-refractivity contribution in [2.24, 2.45) is 0 Å². The van der Waals surface area contributed by atoms with Gasteiger partial charge in [-0.3, -0.25) is 0 Å². The van der Waals surface area contributed by atoms with Gasteiger partial charge in [0.2, 0.25) is 0 Å². The lowest BCUT2D eigenvalue weighted by Crippen LogP contribution is -1.82. The highest BCUT2D eigenvalue weighted by Crippen LogP contribution is 2.36. The van der Waals surface area contributed by atoms with Crippen LogP contribution in [0.5, 0.6) is 11.5 Å². The molecule has 3 aromatic rings. The number of fused-ring (bicyclic) bond motifs is 1. The van der Waals surface area contributed by atoms with Crippen LogP contribution in [0.25, 0.3) is 22.4 Å². The molecule has 0 bridgehead atoms. The molecule has 1 aromatic heterocycles. The lowest BCUT2D eigenvalue weighted by molar-refractivity contribution is 0.453. The Labute approximate surface area is 117 Å². The van der Waals surface area contributed by atoms with E-state index in [1.54, 1.807) is 6.07 Å². The summed E-state index contributed by atoms with van der Waals surface area (Å²) < 4.78 is 0.953. The van der Waals surface area contributed by atoms with Crippen molar-refractivity contribution in [1.82, 2.24) is 9.97 Å². The van der Waals surface area contributed by atoms with Crippen LogP contribution in [0, 0.1) is 6.92 Å². The molecule has 96 valence electrons. The van der Waals surface area contributed by atoms with Gasteiger partial charge < -0.3 is 15.2 Å². The summed E-state index contributed by atoms with van der Waals surface area (Å²) in [5.41, 5.74) is 3.00. The van der Waals surface area contributed by atoms with Gasteiger partial charge in [0, 0.05) is 4.47 Å². The Morgan fingerprint density at radius 2 is 1.84 bits per heavy atom. The summed E-state index contributed by atoms with van der Waals surface area (Å²) in [6, 6.07) is 8.50. The number of phenols is 2. The molecule has 0 amide bonds. The zero-order chi connectivity index (χ0) is 13.6. The Morgan fingerprint density at radius 1 is 1.16 bits per heavy atom. The normalized spacial score (nSPS) is 11.1. The van der Waals surface area contributed by atoms with Crippen LogP contribution in [0.15, 0.2) is 34.8 Å². The molecule has 0 fully saturated rings. The van der Waals surface area contributed by atoms with Crippen LogP contribution < -0.4 is 0 Å². The molecule has 5 heteroatoms. The SMILES string of the molecule is Cc1cc(Br)cc2[nH]c(-c3c(O)cccc3O)nc12. The molecule has 0 atom stereocenters. The van der Waals surface area contributed by atoms with Gasteiger partial charge >= 0.3 is 0 Å². The number of nitrogens with one attached hydrogen (secondary N) is 1. The molecule has 3 N–H and O–H groups in total. The van der Waals surface area contributed by atoms with Gasteiger partial charge in [0.25, 0.3) is 0 Å². The van der Waals surface area contributed by atoms with E-state index in [9.17, 15) is 10.2 Å². The van der Waals surface area contributed by atoms with Crippen LogP contribution in [0.4, 0.5) is 0 Å². The lowest BCUT2D eigenvalue weighted by Gasteiger charge is -2.02. The van der Waals surface area contributed by atoms with Gasteiger partial charge in [-0.15, -0.1) is 0 Å². The Balaban J connectivity index is 2.30.